The molecule has 1 unspecified atom stereocenters. The maximum Gasteiger partial charge on any atom is 0.271 e. The van der Waals surface area contributed by atoms with Crippen LogP contribution in [0.1, 0.15) is 30.9 Å². The number of para-hydroxylation sites is 1. The Morgan fingerprint density at radius 2 is 1.95 bits per heavy atom. The SMILES string of the molecule is COc1ccc(-c2nn(-c3ccccc3)cc2/C=C2/C(=O)N(CC3CCCO3)C(=O)C(C#N)=C2C)c(C)c1. The van der Waals surface area contributed by atoms with Crippen molar-refractivity contribution in [3.05, 3.63) is 82.6 Å². The smallest absolute Gasteiger partial charge is 0.271 e. The number of nitrogens with zero attached hydrogens (tertiary/aromatic N) is 4. The van der Waals surface area contributed by atoms with Gasteiger partial charge in [0, 0.05) is 29.5 Å². The molecule has 192 valence electrons. The number of aromatic nitrogens is 2. The van der Waals surface area contributed by atoms with Crippen molar-refractivity contribution in [2.75, 3.05) is 20.3 Å². The second kappa shape index (κ2) is 10.5. The third-order valence-electron chi connectivity index (χ3n) is 6.99. The molecule has 1 fully saturated rings. The molecule has 0 saturated carbocycles. The molecule has 3 heterocycles. The Labute approximate surface area is 221 Å². The molecule has 1 atom stereocenters. The first kappa shape index (κ1) is 25.2. The highest BCUT2D eigenvalue weighted by molar-refractivity contribution is 6.19. The zero-order chi connectivity index (χ0) is 26.8. The van der Waals surface area contributed by atoms with Crippen LogP contribution in [0.2, 0.25) is 0 Å². The summed E-state index contributed by atoms with van der Waals surface area (Å²) < 4.78 is 12.8. The van der Waals surface area contributed by atoms with Crippen molar-refractivity contribution in [1.82, 2.24) is 14.7 Å². The van der Waals surface area contributed by atoms with Crippen LogP contribution in [-0.2, 0) is 14.3 Å². The van der Waals surface area contributed by atoms with E-state index < -0.39 is 11.8 Å². The maximum absolute atomic E-state index is 13.7. The van der Waals surface area contributed by atoms with Crippen molar-refractivity contribution < 1.29 is 19.1 Å². The number of carbonyl (C=O) groups excluding carboxylic acids is 2. The largest absolute Gasteiger partial charge is 0.497 e. The van der Waals surface area contributed by atoms with Crippen LogP contribution in [0.3, 0.4) is 0 Å². The fourth-order valence-electron chi connectivity index (χ4n) is 4.89. The molecule has 0 bridgehead atoms. The molecule has 5 rings (SSSR count). The highest BCUT2D eigenvalue weighted by atomic mass is 16.5. The van der Waals surface area contributed by atoms with Gasteiger partial charge in [-0.2, -0.15) is 10.4 Å². The maximum atomic E-state index is 13.7. The number of aryl methyl sites for hydroxylation is 1. The number of hydrogen-bond acceptors (Lipinski definition) is 6. The van der Waals surface area contributed by atoms with Crippen molar-refractivity contribution in [1.29, 1.82) is 5.26 Å². The van der Waals surface area contributed by atoms with Gasteiger partial charge < -0.3 is 9.47 Å². The van der Waals surface area contributed by atoms with Crippen LogP contribution in [0.5, 0.6) is 5.75 Å². The van der Waals surface area contributed by atoms with E-state index in [1.165, 1.54) is 0 Å². The van der Waals surface area contributed by atoms with Gasteiger partial charge >= 0.3 is 0 Å². The van der Waals surface area contributed by atoms with Crippen molar-refractivity contribution >= 4 is 17.9 Å². The highest BCUT2D eigenvalue weighted by Gasteiger charge is 2.37. The molecular weight excluding hydrogens is 480 g/mol. The summed E-state index contributed by atoms with van der Waals surface area (Å²) in [6.07, 6.45) is 5.02. The van der Waals surface area contributed by atoms with E-state index in [2.05, 4.69) is 0 Å². The third-order valence-corrected chi connectivity index (χ3v) is 6.99. The van der Waals surface area contributed by atoms with E-state index >= 15 is 0 Å². The number of methoxy groups -OCH3 is 1. The van der Waals surface area contributed by atoms with Gasteiger partial charge in [0.2, 0.25) is 0 Å². The molecular formula is C30H28N4O4. The Bertz CT molecular complexity index is 1500. The first-order valence-electron chi connectivity index (χ1n) is 12.5. The second-order valence-electron chi connectivity index (χ2n) is 9.42. The standard InChI is InChI=1S/C30H28N4O4/c1-19-14-23(37-3)11-12-25(19)28-21(17-34(32-28)22-8-5-4-6-9-22)15-26-20(2)27(16-31)30(36)33(29(26)35)18-24-10-7-13-38-24/h4-6,8-9,11-12,14-15,17,24H,7,10,13,18H2,1-3H3/b26-15+. The molecule has 0 aliphatic carbocycles. The van der Waals surface area contributed by atoms with E-state index in [9.17, 15) is 14.9 Å². The first-order chi connectivity index (χ1) is 18.4. The Kier molecular flexibility index (Phi) is 6.95. The topological polar surface area (TPSA) is 97.4 Å². The van der Waals surface area contributed by atoms with Crippen LogP contribution in [0, 0.1) is 18.3 Å². The van der Waals surface area contributed by atoms with Gasteiger partial charge in [0.15, 0.2) is 0 Å². The lowest BCUT2D eigenvalue weighted by Crippen LogP contribution is -2.46. The minimum Gasteiger partial charge on any atom is -0.497 e. The van der Waals surface area contributed by atoms with E-state index in [-0.39, 0.29) is 18.2 Å². The lowest BCUT2D eigenvalue weighted by atomic mass is 9.92. The summed E-state index contributed by atoms with van der Waals surface area (Å²) >= 11 is 0. The fraction of sp³-hybridized carbons (Fsp3) is 0.267. The number of amides is 2. The summed E-state index contributed by atoms with van der Waals surface area (Å²) in [7, 11) is 1.62. The fourth-order valence-corrected chi connectivity index (χ4v) is 4.89. The van der Waals surface area contributed by atoms with Crippen molar-refractivity contribution in [2.24, 2.45) is 0 Å². The van der Waals surface area contributed by atoms with Crippen LogP contribution in [0.4, 0.5) is 0 Å². The lowest BCUT2D eigenvalue weighted by molar-refractivity contribution is -0.142. The minimum atomic E-state index is -0.575. The zero-order valence-electron chi connectivity index (χ0n) is 21.6. The summed E-state index contributed by atoms with van der Waals surface area (Å²) in [6.45, 7) is 4.35. The van der Waals surface area contributed by atoms with E-state index in [0.717, 1.165) is 40.3 Å². The molecule has 1 aromatic heterocycles. The van der Waals surface area contributed by atoms with Gasteiger partial charge in [-0.15, -0.1) is 0 Å². The quantitative estimate of drug-likeness (QED) is 0.356. The van der Waals surface area contributed by atoms with Gasteiger partial charge in [-0.05, 0) is 74.2 Å². The molecule has 0 spiro atoms. The molecule has 0 radical (unpaired) electrons. The Morgan fingerprint density at radius 1 is 1.16 bits per heavy atom. The molecule has 2 aromatic carbocycles. The predicted molar refractivity (Wildman–Crippen MR) is 142 cm³/mol. The van der Waals surface area contributed by atoms with Gasteiger partial charge in [-0.3, -0.25) is 14.5 Å². The third kappa shape index (κ3) is 4.64. The van der Waals surface area contributed by atoms with E-state index in [4.69, 9.17) is 14.6 Å². The van der Waals surface area contributed by atoms with Crippen molar-refractivity contribution in [3.63, 3.8) is 0 Å². The van der Waals surface area contributed by atoms with Gasteiger partial charge in [0.25, 0.3) is 11.8 Å². The van der Waals surface area contributed by atoms with Gasteiger partial charge in [-0.1, -0.05) is 18.2 Å². The second-order valence-corrected chi connectivity index (χ2v) is 9.42. The summed E-state index contributed by atoms with van der Waals surface area (Å²) in [6, 6.07) is 17.4. The molecule has 8 nitrogen and oxygen atoms in total. The van der Waals surface area contributed by atoms with Crippen LogP contribution >= 0.6 is 0 Å². The summed E-state index contributed by atoms with van der Waals surface area (Å²) in [5.41, 5.74) is 4.67. The molecule has 8 heteroatoms. The predicted octanol–water partition coefficient (Wildman–Crippen LogP) is 4.63. The number of ether oxygens (including phenoxy) is 2. The van der Waals surface area contributed by atoms with E-state index in [1.807, 2.05) is 67.7 Å². The number of imide groups is 1. The molecule has 2 aliphatic heterocycles. The number of carbonyl (C=O) groups is 2. The molecule has 1 saturated heterocycles. The Hall–Kier alpha value is -4.48. The number of rotatable bonds is 6. The average Bonchev–Trinajstić information content (AvgIpc) is 3.60. The van der Waals surface area contributed by atoms with Gasteiger partial charge in [0.05, 0.1) is 25.4 Å². The van der Waals surface area contributed by atoms with Crippen molar-refractivity contribution in [2.45, 2.75) is 32.8 Å². The van der Waals surface area contributed by atoms with Crippen LogP contribution in [-0.4, -0.2) is 52.9 Å². The van der Waals surface area contributed by atoms with E-state index in [1.54, 1.807) is 24.8 Å². The van der Waals surface area contributed by atoms with Gasteiger partial charge in [0.1, 0.15) is 23.1 Å². The average molecular weight is 509 g/mol. The minimum absolute atomic E-state index is 0.0357. The Balaban J connectivity index is 1.65. The summed E-state index contributed by atoms with van der Waals surface area (Å²) in [5, 5.41) is 14.7. The Morgan fingerprint density at radius 3 is 2.61 bits per heavy atom. The number of benzene rings is 2. The number of hydrogen-bond donors (Lipinski definition) is 0. The monoisotopic (exact) mass is 508 g/mol. The van der Waals surface area contributed by atoms with Crippen LogP contribution in [0.15, 0.2) is 71.4 Å². The first-order valence-corrected chi connectivity index (χ1v) is 12.5. The number of nitriles is 1. The molecule has 3 aromatic rings. The van der Waals surface area contributed by atoms with Crippen molar-refractivity contribution in [3.8, 4) is 28.8 Å². The molecule has 0 N–H and O–H groups in total. The van der Waals surface area contributed by atoms with Crippen LogP contribution in [0.25, 0.3) is 23.0 Å². The summed E-state index contributed by atoms with van der Waals surface area (Å²) in [4.78, 5) is 27.9. The molecule has 2 aliphatic rings. The lowest BCUT2D eigenvalue weighted by Gasteiger charge is -2.29. The van der Waals surface area contributed by atoms with Gasteiger partial charge in [-0.25, -0.2) is 4.68 Å². The van der Waals surface area contributed by atoms with E-state index in [0.29, 0.717) is 29.0 Å². The molecule has 2 amide bonds. The zero-order valence-corrected chi connectivity index (χ0v) is 21.6. The molecule has 38 heavy (non-hydrogen) atoms. The highest BCUT2D eigenvalue weighted by Crippen LogP contribution is 2.34. The summed E-state index contributed by atoms with van der Waals surface area (Å²) in [5.74, 6) is -0.280. The van der Waals surface area contributed by atoms with Crippen LogP contribution < -0.4 is 4.74 Å². The normalized spacial score (nSPS) is 18.8.